The van der Waals surface area contributed by atoms with E-state index in [1.807, 2.05) is 6.92 Å². The molecule has 0 amide bonds. The van der Waals surface area contributed by atoms with E-state index < -0.39 is 12.3 Å². The molecule has 1 unspecified atom stereocenters. The lowest BCUT2D eigenvalue weighted by Gasteiger charge is -2.04. The van der Waals surface area contributed by atoms with Gasteiger partial charge in [-0.05, 0) is 27.2 Å². The number of hydrogen-bond donors (Lipinski definition) is 1. The molecule has 0 aromatic rings. The smallest absolute Gasteiger partial charge is 0.335 e. The van der Waals surface area contributed by atoms with Gasteiger partial charge in [-0.1, -0.05) is 33.1 Å². The van der Waals surface area contributed by atoms with Crippen molar-refractivity contribution in [1.82, 2.24) is 0 Å². The monoisotopic (exact) mass is 358 g/mol. The van der Waals surface area contributed by atoms with Gasteiger partial charge in [0.05, 0.1) is 13.7 Å². The number of carbonyl (C=O) groups is 3. The predicted octanol–water partition coefficient (Wildman–Crippen LogP) is 2.70. The van der Waals surface area contributed by atoms with Crippen molar-refractivity contribution in [3.8, 4) is 0 Å². The van der Waals surface area contributed by atoms with Crippen LogP contribution in [0.4, 0.5) is 0 Å². The number of unbranched alkanes of at least 4 members (excludes halogenated alkanes) is 1. The zero-order valence-electron chi connectivity index (χ0n) is 15.8. The van der Waals surface area contributed by atoms with Crippen LogP contribution in [-0.4, -0.2) is 43.0 Å². The van der Waals surface area contributed by atoms with Crippen molar-refractivity contribution < 1.29 is 33.7 Å². The Bertz CT molecular complexity index is 450. The Morgan fingerprint density at radius 3 is 1.80 bits per heavy atom. The fourth-order valence-electron chi connectivity index (χ4n) is 0.806. The van der Waals surface area contributed by atoms with Crippen LogP contribution in [0.2, 0.25) is 0 Å². The van der Waals surface area contributed by atoms with E-state index >= 15 is 0 Å². The number of aliphatic hydroxyl groups is 1. The highest BCUT2D eigenvalue weighted by Gasteiger charge is 2.04. The number of esters is 3. The van der Waals surface area contributed by atoms with E-state index in [1.54, 1.807) is 6.92 Å². The van der Waals surface area contributed by atoms with Crippen LogP contribution in [0.25, 0.3) is 0 Å². The third kappa shape index (κ3) is 24.0. The van der Waals surface area contributed by atoms with Crippen molar-refractivity contribution in [3.63, 3.8) is 0 Å². The predicted molar refractivity (Wildman–Crippen MR) is 95.5 cm³/mol. The van der Waals surface area contributed by atoms with Gasteiger partial charge < -0.3 is 19.3 Å². The molecule has 0 aliphatic rings. The molecule has 0 saturated carbocycles. The number of rotatable bonds is 7. The van der Waals surface area contributed by atoms with E-state index in [1.165, 1.54) is 27.0 Å². The summed E-state index contributed by atoms with van der Waals surface area (Å²) in [5.41, 5.74) is 0.721. The van der Waals surface area contributed by atoms with Crippen molar-refractivity contribution in [2.45, 2.75) is 46.8 Å². The van der Waals surface area contributed by atoms with Crippen molar-refractivity contribution in [2.24, 2.45) is 0 Å². The first-order chi connectivity index (χ1) is 11.5. The lowest BCUT2D eigenvalue weighted by Crippen LogP contribution is -2.13. The summed E-state index contributed by atoms with van der Waals surface area (Å²) in [6.07, 6.45) is 2.11. The van der Waals surface area contributed by atoms with Crippen LogP contribution in [-0.2, 0) is 28.6 Å². The molecule has 0 aromatic heterocycles. The fourth-order valence-corrected chi connectivity index (χ4v) is 0.806. The third-order valence-electron chi connectivity index (χ3n) is 2.07. The van der Waals surface area contributed by atoms with Crippen LogP contribution >= 0.6 is 0 Å². The molecule has 7 heteroatoms. The molecule has 0 spiro atoms. The lowest BCUT2D eigenvalue weighted by atomic mass is 10.4. The highest BCUT2D eigenvalue weighted by atomic mass is 16.6. The quantitative estimate of drug-likeness (QED) is 0.245. The first-order valence-corrected chi connectivity index (χ1v) is 7.60. The zero-order chi connectivity index (χ0) is 20.4. The molecule has 0 bridgehead atoms. The molecule has 0 rings (SSSR count). The Hall–Kier alpha value is -2.41. The zero-order valence-corrected chi connectivity index (χ0v) is 15.8. The molecule has 7 nitrogen and oxygen atoms in total. The Balaban J connectivity index is -0.000000293. The van der Waals surface area contributed by atoms with Gasteiger partial charge in [0, 0.05) is 17.2 Å². The minimum atomic E-state index is -1.05. The maximum Gasteiger partial charge on any atom is 0.335 e. The van der Waals surface area contributed by atoms with Crippen LogP contribution in [0, 0.1) is 0 Å². The average Bonchev–Trinajstić information content (AvgIpc) is 2.54. The maximum atomic E-state index is 10.5. The van der Waals surface area contributed by atoms with Crippen molar-refractivity contribution in [3.05, 3.63) is 37.0 Å². The van der Waals surface area contributed by atoms with Gasteiger partial charge in [0.1, 0.15) is 0 Å². The second kappa shape index (κ2) is 17.9. The van der Waals surface area contributed by atoms with Crippen LogP contribution < -0.4 is 0 Å². The molecule has 0 heterocycles. The normalized spacial score (nSPS) is 9.68. The van der Waals surface area contributed by atoms with E-state index in [-0.39, 0.29) is 17.5 Å². The second-order valence-corrected chi connectivity index (χ2v) is 4.78. The third-order valence-corrected chi connectivity index (χ3v) is 2.07. The minimum absolute atomic E-state index is 0.288. The van der Waals surface area contributed by atoms with Gasteiger partial charge in [0.25, 0.3) is 0 Å². The number of hydrogen-bond acceptors (Lipinski definition) is 7. The van der Waals surface area contributed by atoms with Crippen LogP contribution in [0.5, 0.6) is 0 Å². The van der Waals surface area contributed by atoms with Crippen molar-refractivity contribution in [2.75, 3.05) is 13.7 Å². The summed E-state index contributed by atoms with van der Waals surface area (Å²) in [7, 11) is 1.33. The minimum Gasteiger partial charge on any atom is -0.466 e. The molecule has 1 atom stereocenters. The van der Waals surface area contributed by atoms with Gasteiger partial charge in [-0.2, -0.15) is 0 Å². The van der Waals surface area contributed by atoms with Crippen LogP contribution in [0.3, 0.4) is 0 Å². The van der Waals surface area contributed by atoms with Gasteiger partial charge in [-0.15, -0.1) is 0 Å². The van der Waals surface area contributed by atoms with Crippen LogP contribution in [0.1, 0.15) is 40.5 Å². The van der Waals surface area contributed by atoms with E-state index in [9.17, 15) is 14.4 Å². The Morgan fingerprint density at radius 2 is 1.60 bits per heavy atom. The Labute approximate surface area is 150 Å². The maximum absolute atomic E-state index is 10.5. The highest BCUT2D eigenvalue weighted by molar-refractivity contribution is 5.87. The SMILES string of the molecule is C=C(C)C(=O)OC.C=C(C)C(=O)OC(C)O.C=CC(=O)OCCCC. The summed E-state index contributed by atoms with van der Waals surface area (Å²) < 4.78 is 13.3. The summed E-state index contributed by atoms with van der Waals surface area (Å²) in [4.78, 5) is 31.0. The van der Waals surface area contributed by atoms with Gasteiger partial charge in [-0.25, -0.2) is 14.4 Å². The molecule has 144 valence electrons. The first kappa shape index (κ1) is 27.4. The Kier molecular flexibility index (Phi) is 19.7. The number of aliphatic hydroxyl groups excluding tert-OH is 1. The van der Waals surface area contributed by atoms with Crippen LogP contribution in [0.15, 0.2) is 37.0 Å². The second-order valence-electron chi connectivity index (χ2n) is 4.78. The van der Waals surface area contributed by atoms with E-state index in [0.29, 0.717) is 12.2 Å². The molecular formula is C18H30O7. The molecule has 0 aliphatic heterocycles. The highest BCUT2D eigenvalue weighted by Crippen LogP contribution is 1.94. The van der Waals surface area contributed by atoms with E-state index in [0.717, 1.165) is 12.8 Å². The molecule has 0 fully saturated rings. The standard InChI is InChI=1S/C7H12O2.C6H10O3.C5H8O2/c1-3-5-6-9-7(8)4-2;1-4(2)6(8)9-5(3)7;1-4(2)5(6)7-3/h4H,2-3,5-6H2,1H3;5,7H,1H2,2-3H3;1H2,2-3H3. The molecule has 0 radical (unpaired) electrons. The molecule has 0 saturated heterocycles. The molecule has 1 N–H and O–H groups in total. The fraction of sp³-hybridized carbons (Fsp3) is 0.500. The van der Waals surface area contributed by atoms with Crippen molar-refractivity contribution >= 4 is 17.9 Å². The van der Waals surface area contributed by atoms with E-state index in [2.05, 4.69) is 33.9 Å². The Morgan fingerprint density at radius 1 is 1.12 bits per heavy atom. The number of ether oxygens (including phenoxy) is 3. The lowest BCUT2D eigenvalue weighted by molar-refractivity contribution is -0.159. The molecule has 0 aromatic carbocycles. The number of methoxy groups -OCH3 is 1. The molecular weight excluding hydrogens is 328 g/mol. The summed E-state index contributed by atoms with van der Waals surface area (Å²) in [5, 5.41) is 8.49. The first-order valence-electron chi connectivity index (χ1n) is 7.60. The summed E-state index contributed by atoms with van der Waals surface area (Å²) in [5.74, 6) is -1.24. The summed E-state index contributed by atoms with van der Waals surface area (Å²) in [6, 6.07) is 0. The summed E-state index contributed by atoms with van der Waals surface area (Å²) in [6.45, 7) is 17.0. The largest absolute Gasteiger partial charge is 0.466 e. The average molecular weight is 358 g/mol. The summed E-state index contributed by atoms with van der Waals surface area (Å²) >= 11 is 0. The topological polar surface area (TPSA) is 99.1 Å². The van der Waals surface area contributed by atoms with E-state index in [4.69, 9.17) is 5.11 Å². The van der Waals surface area contributed by atoms with Gasteiger partial charge in [-0.3, -0.25) is 0 Å². The molecule has 0 aliphatic carbocycles. The van der Waals surface area contributed by atoms with Crippen molar-refractivity contribution in [1.29, 1.82) is 0 Å². The number of carbonyl (C=O) groups excluding carboxylic acids is 3. The van der Waals surface area contributed by atoms with Gasteiger partial charge >= 0.3 is 17.9 Å². The van der Waals surface area contributed by atoms with Gasteiger partial charge in [0.2, 0.25) is 0 Å². The molecule has 25 heavy (non-hydrogen) atoms. The van der Waals surface area contributed by atoms with Gasteiger partial charge in [0.15, 0.2) is 6.29 Å².